The first-order valence-electron chi connectivity index (χ1n) is 5.86. The lowest BCUT2D eigenvalue weighted by Gasteiger charge is -2.23. The van der Waals surface area contributed by atoms with Crippen LogP contribution in [0.25, 0.3) is 0 Å². The van der Waals surface area contributed by atoms with Gasteiger partial charge in [-0.2, -0.15) is 0 Å². The van der Waals surface area contributed by atoms with Gasteiger partial charge in [0.1, 0.15) is 5.82 Å². The fourth-order valence-corrected chi connectivity index (χ4v) is 2.05. The highest BCUT2D eigenvalue weighted by Gasteiger charge is 2.29. The summed E-state index contributed by atoms with van der Waals surface area (Å²) in [5, 5.41) is 0. The Bertz CT molecular complexity index is 445. The first-order chi connectivity index (χ1) is 8.00. The lowest BCUT2D eigenvalue weighted by molar-refractivity contribution is -0.120. The summed E-state index contributed by atoms with van der Waals surface area (Å²) in [7, 11) is 0. The predicted molar refractivity (Wildman–Crippen MR) is 65.3 cm³/mol. The first-order valence-corrected chi connectivity index (χ1v) is 5.86. The van der Waals surface area contributed by atoms with E-state index in [2.05, 4.69) is 0 Å². The Kier molecular flexibility index (Phi) is 3.15. The molecule has 0 unspecified atom stereocenters. The highest BCUT2D eigenvalue weighted by atomic mass is 19.1. The van der Waals surface area contributed by atoms with Gasteiger partial charge in [-0.25, -0.2) is 4.39 Å². The largest absolute Gasteiger partial charge is 0.320 e. The highest BCUT2D eigenvalue weighted by molar-refractivity contribution is 5.99. The molecule has 1 amide bonds. The number of carbonyl (C=O) groups is 1. The van der Waals surface area contributed by atoms with Crippen LogP contribution in [-0.4, -0.2) is 18.5 Å². The molecule has 0 bridgehead atoms. The minimum Gasteiger partial charge on any atom is -0.320 e. The Morgan fingerprint density at radius 2 is 2.18 bits per heavy atom. The zero-order chi connectivity index (χ0) is 12.6. The second-order valence-corrected chi connectivity index (χ2v) is 4.78. The summed E-state index contributed by atoms with van der Waals surface area (Å²) in [5.74, 6) is -0.356. The Morgan fingerprint density at radius 3 is 2.82 bits per heavy atom. The van der Waals surface area contributed by atoms with Crippen molar-refractivity contribution >= 4 is 11.6 Å². The van der Waals surface area contributed by atoms with Gasteiger partial charge >= 0.3 is 0 Å². The number of hydrogen-bond acceptors (Lipinski definition) is 2. The minimum atomic E-state index is -0.524. The van der Waals surface area contributed by atoms with Crippen molar-refractivity contribution in [2.24, 2.45) is 11.7 Å². The monoisotopic (exact) mass is 236 g/mol. The summed E-state index contributed by atoms with van der Waals surface area (Å²) in [6, 6.07) is 4.05. The van der Waals surface area contributed by atoms with Crippen molar-refractivity contribution in [2.45, 2.75) is 26.3 Å². The molecular weight excluding hydrogens is 219 g/mol. The Balaban J connectivity index is 2.27. The number of amides is 1. The maximum atomic E-state index is 13.2. The second-order valence-electron chi connectivity index (χ2n) is 4.78. The predicted octanol–water partition coefficient (Wildman–Crippen LogP) is 1.70. The number of benzene rings is 1. The van der Waals surface area contributed by atoms with Crippen molar-refractivity contribution in [1.29, 1.82) is 0 Å². The lowest BCUT2D eigenvalue weighted by atomic mass is 10.0. The van der Waals surface area contributed by atoms with Crippen molar-refractivity contribution in [1.82, 2.24) is 0 Å². The molecule has 3 nitrogen and oxygen atoms in total. The number of hydrogen-bond donors (Lipinski definition) is 1. The molecule has 0 radical (unpaired) electrons. The molecule has 1 heterocycles. The summed E-state index contributed by atoms with van der Waals surface area (Å²) >= 11 is 0. The van der Waals surface area contributed by atoms with Crippen LogP contribution >= 0.6 is 0 Å². The van der Waals surface area contributed by atoms with Crippen LogP contribution in [-0.2, 0) is 11.2 Å². The summed E-state index contributed by atoms with van der Waals surface area (Å²) in [6.45, 7) is 4.41. The van der Waals surface area contributed by atoms with Gasteiger partial charge in [-0.1, -0.05) is 19.9 Å². The van der Waals surface area contributed by atoms with Gasteiger partial charge in [0.2, 0.25) is 5.91 Å². The van der Waals surface area contributed by atoms with Gasteiger partial charge in [0.15, 0.2) is 0 Å². The normalized spacial score (nSPS) is 16.2. The molecule has 0 spiro atoms. The van der Waals surface area contributed by atoms with Crippen LogP contribution in [0.2, 0.25) is 0 Å². The van der Waals surface area contributed by atoms with E-state index in [-0.39, 0.29) is 17.6 Å². The van der Waals surface area contributed by atoms with E-state index in [0.717, 1.165) is 12.0 Å². The van der Waals surface area contributed by atoms with Crippen LogP contribution in [0, 0.1) is 11.7 Å². The molecule has 0 saturated heterocycles. The van der Waals surface area contributed by atoms with E-state index in [1.165, 1.54) is 12.1 Å². The van der Waals surface area contributed by atoms with Crippen LogP contribution in [0.15, 0.2) is 18.2 Å². The van der Waals surface area contributed by atoms with Crippen molar-refractivity contribution in [2.75, 3.05) is 11.4 Å². The third kappa shape index (κ3) is 2.17. The number of rotatable bonds is 2. The zero-order valence-electron chi connectivity index (χ0n) is 10.1. The smallest absolute Gasteiger partial charge is 0.244 e. The van der Waals surface area contributed by atoms with E-state index in [0.29, 0.717) is 12.2 Å². The van der Waals surface area contributed by atoms with Crippen LogP contribution in [0.5, 0.6) is 0 Å². The van der Waals surface area contributed by atoms with E-state index in [9.17, 15) is 9.18 Å². The molecule has 92 valence electrons. The van der Waals surface area contributed by atoms with Gasteiger partial charge in [-0.15, -0.1) is 0 Å². The molecule has 0 aliphatic carbocycles. The van der Waals surface area contributed by atoms with Crippen LogP contribution in [0.1, 0.15) is 19.4 Å². The fourth-order valence-electron chi connectivity index (χ4n) is 2.05. The highest BCUT2D eigenvalue weighted by Crippen LogP contribution is 2.29. The fraction of sp³-hybridized carbons (Fsp3) is 0.462. The Labute approximate surface area is 100 Å². The van der Waals surface area contributed by atoms with Gasteiger partial charge in [0, 0.05) is 12.2 Å². The number of nitrogens with two attached hydrogens (primary N) is 1. The third-order valence-electron chi connectivity index (χ3n) is 3.21. The maximum Gasteiger partial charge on any atom is 0.244 e. The number of carbonyl (C=O) groups excluding carboxylic acids is 1. The van der Waals surface area contributed by atoms with Crippen LogP contribution in [0.4, 0.5) is 10.1 Å². The summed E-state index contributed by atoms with van der Waals surface area (Å²) in [4.78, 5) is 13.7. The molecule has 0 fully saturated rings. The van der Waals surface area contributed by atoms with Gasteiger partial charge in [-0.3, -0.25) is 4.79 Å². The van der Waals surface area contributed by atoms with E-state index in [4.69, 9.17) is 5.73 Å². The Hall–Kier alpha value is -1.42. The Morgan fingerprint density at radius 1 is 1.47 bits per heavy atom. The average Bonchev–Trinajstić information content (AvgIpc) is 2.69. The molecule has 1 aliphatic heterocycles. The second kappa shape index (κ2) is 4.45. The van der Waals surface area contributed by atoms with E-state index >= 15 is 0 Å². The molecule has 1 aromatic carbocycles. The zero-order valence-corrected chi connectivity index (χ0v) is 10.1. The molecule has 2 rings (SSSR count). The van der Waals surface area contributed by atoms with E-state index in [1.54, 1.807) is 11.0 Å². The standard InChI is InChI=1S/C13H17FN2O/c1-8(2)12(15)13(17)16-6-5-9-3-4-10(14)7-11(9)16/h3-4,7-8,12H,5-6,15H2,1-2H3/t12-/m0/s1. The molecule has 17 heavy (non-hydrogen) atoms. The molecule has 4 heteroatoms. The van der Waals surface area contributed by atoms with Crippen molar-refractivity contribution in [3.05, 3.63) is 29.6 Å². The average molecular weight is 236 g/mol. The summed E-state index contributed by atoms with van der Waals surface area (Å²) in [5.41, 5.74) is 7.53. The SMILES string of the molecule is CC(C)[C@H](N)C(=O)N1CCc2ccc(F)cc21. The van der Waals surface area contributed by atoms with Crippen molar-refractivity contribution in [3.63, 3.8) is 0 Å². The minimum absolute atomic E-state index is 0.0834. The van der Waals surface area contributed by atoms with Crippen molar-refractivity contribution in [3.8, 4) is 0 Å². The van der Waals surface area contributed by atoms with Gasteiger partial charge < -0.3 is 10.6 Å². The molecule has 1 aliphatic rings. The van der Waals surface area contributed by atoms with Crippen molar-refractivity contribution < 1.29 is 9.18 Å². The topological polar surface area (TPSA) is 46.3 Å². The number of halogens is 1. The maximum absolute atomic E-state index is 13.2. The van der Waals surface area contributed by atoms with Crippen LogP contribution < -0.4 is 10.6 Å². The lowest BCUT2D eigenvalue weighted by Crippen LogP contribution is -2.46. The van der Waals surface area contributed by atoms with Gasteiger partial charge in [-0.05, 0) is 30.0 Å². The summed E-state index contributed by atoms with van der Waals surface area (Å²) < 4.78 is 13.2. The first kappa shape index (κ1) is 12.0. The number of anilines is 1. The molecule has 2 N–H and O–H groups in total. The molecule has 1 atom stereocenters. The number of nitrogens with zero attached hydrogens (tertiary/aromatic N) is 1. The summed E-state index contributed by atoms with van der Waals surface area (Å²) in [6.07, 6.45) is 0.770. The van der Waals surface area contributed by atoms with Crippen LogP contribution in [0.3, 0.4) is 0 Å². The number of fused-ring (bicyclic) bond motifs is 1. The molecule has 0 aromatic heterocycles. The quantitative estimate of drug-likeness (QED) is 0.849. The molecular formula is C13H17FN2O. The van der Waals surface area contributed by atoms with E-state index in [1.807, 2.05) is 13.8 Å². The van der Waals surface area contributed by atoms with Gasteiger partial charge in [0.25, 0.3) is 0 Å². The van der Waals surface area contributed by atoms with E-state index < -0.39 is 6.04 Å². The molecule has 0 saturated carbocycles. The third-order valence-corrected chi connectivity index (χ3v) is 3.21. The molecule has 1 aromatic rings. The van der Waals surface area contributed by atoms with Gasteiger partial charge in [0.05, 0.1) is 6.04 Å².